The molecule has 0 N–H and O–H groups in total. The van der Waals surface area contributed by atoms with Gasteiger partial charge in [0.1, 0.15) is 5.78 Å². The molecule has 0 bridgehead atoms. The molecular formula is C12H17NO. The van der Waals surface area contributed by atoms with E-state index in [-0.39, 0.29) is 5.78 Å². The molecule has 0 radical (unpaired) electrons. The first-order chi connectivity index (χ1) is 6.65. The Labute approximate surface area is 85.5 Å². The number of hydrogen-bond acceptors (Lipinski definition) is 2. The highest BCUT2D eigenvalue weighted by molar-refractivity contribution is 5.81. The van der Waals surface area contributed by atoms with Crippen LogP contribution in [0.25, 0.3) is 0 Å². The zero-order valence-electron chi connectivity index (χ0n) is 9.08. The molecule has 1 rings (SSSR count). The zero-order valence-corrected chi connectivity index (χ0v) is 9.08. The summed E-state index contributed by atoms with van der Waals surface area (Å²) in [5.41, 5.74) is 2.38. The molecule has 0 spiro atoms. The van der Waals surface area contributed by atoms with E-state index in [0.717, 1.165) is 12.2 Å². The number of benzene rings is 1. The minimum absolute atomic E-state index is 0.204. The molecule has 0 aliphatic rings. The smallest absolute Gasteiger partial charge is 0.149 e. The Balaban J connectivity index is 2.89. The fourth-order valence-corrected chi connectivity index (χ4v) is 1.55. The number of ketones is 1. The lowest BCUT2D eigenvalue weighted by Crippen LogP contribution is -2.28. The van der Waals surface area contributed by atoms with Crippen LogP contribution >= 0.6 is 0 Å². The molecule has 14 heavy (non-hydrogen) atoms. The largest absolute Gasteiger partial charge is 0.364 e. The van der Waals surface area contributed by atoms with Gasteiger partial charge in [-0.25, -0.2) is 0 Å². The van der Waals surface area contributed by atoms with Crippen molar-refractivity contribution in [1.82, 2.24) is 0 Å². The quantitative estimate of drug-likeness (QED) is 0.728. The number of nitrogens with zero attached hydrogens (tertiary/aromatic N) is 1. The maximum Gasteiger partial charge on any atom is 0.149 e. The molecule has 76 valence electrons. The molecule has 1 aromatic rings. The third-order valence-electron chi connectivity index (χ3n) is 2.25. The number of para-hydroxylation sites is 1. The van der Waals surface area contributed by atoms with E-state index in [0.29, 0.717) is 6.54 Å². The van der Waals surface area contributed by atoms with Gasteiger partial charge in [0, 0.05) is 12.2 Å². The Morgan fingerprint density at radius 1 is 1.36 bits per heavy atom. The summed E-state index contributed by atoms with van der Waals surface area (Å²) in [6.45, 7) is 7.13. The van der Waals surface area contributed by atoms with Crippen LogP contribution in [0.3, 0.4) is 0 Å². The van der Waals surface area contributed by atoms with Crippen molar-refractivity contribution in [2.45, 2.75) is 20.8 Å². The monoisotopic (exact) mass is 191 g/mol. The summed E-state index contributed by atoms with van der Waals surface area (Å²) in [5.74, 6) is 0.204. The van der Waals surface area contributed by atoms with Crippen LogP contribution in [0.4, 0.5) is 5.69 Å². The molecule has 0 atom stereocenters. The molecule has 2 heteroatoms. The molecule has 0 saturated carbocycles. The van der Waals surface area contributed by atoms with Crippen molar-refractivity contribution >= 4 is 11.5 Å². The predicted molar refractivity (Wildman–Crippen MR) is 59.7 cm³/mol. The van der Waals surface area contributed by atoms with Crippen LogP contribution < -0.4 is 4.90 Å². The minimum atomic E-state index is 0.204. The second-order valence-electron chi connectivity index (χ2n) is 3.50. The average Bonchev–Trinajstić information content (AvgIpc) is 2.15. The van der Waals surface area contributed by atoms with Crippen molar-refractivity contribution in [2.75, 3.05) is 18.0 Å². The molecule has 0 amide bonds. The molecule has 1 aromatic carbocycles. The fraction of sp³-hybridized carbons (Fsp3) is 0.417. The highest BCUT2D eigenvalue weighted by atomic mass is 16.1. The Morgan fingerprint density at radius 3 is 2.50 bits per heavy atom. The minimum Gasteiger partial charge on any atom is -0.364 e. The third-order valence-corrected chi connectivity index (χ3v) is 2.25. The molecule has 2 nitrogen and oxygen atoms in total. The number of rotatable bonds is 4. The highest BCUT2D eigenvalue weighted by Gasteiger charge is 2.07. The lowest BCUT2D eigenvalue weighted by Gasteiger charge is -2.23. The van der Waals surface area contributed by atoms with E-state index >= 15 is 0 Å². The maximum atomic E-state index is 11.1. The van der Waals surface area contributed by atoms with Crippen LogP contribution in [-0.2, 0) is 4.79 Å². The number of likely N-dealkylation sites (N-methyl/N-ethyl adjacent to an activating group) is 1. The van der Waals surface area contributed by atoms with Crippen LogP contribution in [0.5, 0.6) is 0 Å². The number of hydrogen-bond donors (Lipinski definition) is 0. The second-order valence-corrected chi connectivity index (χ2v) is 3.50. The van der Waals surface area contributed by atoms with Crippen LogP contribution in [0.2, 0.25) is 0 Å². The lowest BCUT2D eigenvalue weighted by molar-refractivity contribution is -0.115. The average molecular weight is 191 g/mol. The number of carbonyl (C=O) groups excluding carboxylic acids is 1. The van der Waals surface area contributed by atoms with Crippen molar-refractivity contribution in [3.63, 3.8) is 0 Å². The van der Waals surface area contributed by atoms with E-state index in [9.17, 15) is 4.79 Å². The summed E-state index contributed by atoms with van der Waals surface area (Å²) in [4.78, 5) is 13.2. The highest BCUT2D eigenvalue weighted by Crippen LogP contribution is 2.18. The van der Waals surface area contributed by atoms with E-state index in [1.165, 1.54) is 5.56 Å². The maximum absolute atomic E-state index is 11.1. The molecule has 0 fully saturated rings. The van der Waals surface area contributed by atoms with Crippen LogP contribution in [0.1, 0.15) is 19.4 Å². The Morgan fingerprint density at radius 2 is 2.00 bits per heavy atom. The van der Waals surface area contributed by atoms with Gasteiger partial charge < -0.3 is 4.90 Å². The molecule has 0 unspecified atom stereocenters. The molecule has 0 aromatic heterocycles. The van der Waals surface area contributed by atoms with Gasteiger partial charge in [-0.05, 0) is 32.4 Å². The number of Topliss-reactive ketones (excluding diaryl/α,β-unsaturated/α-hetero) is 1. The normalized spacial score (nSPS) is 9.93. The van der Waals surface area contributed by atoms with Crippen LogP contribution in [0.15, 0.2) is 24.3 Å². The van der Waals surface area contributed by atoms with Gasteiger partial charge in [0.05, 0.1) is 6.54 Å². The molecular weight excluding hydrogens is 174 g/mol. The van der Waals surface area contributed by atoms with E-state index in [1.54, 1.807) is 6.92 Å². The van der Waals surface area contributed by atoms with Gasteiger partial charge in [0.2, 0.25) is 0 Å². The van der Waals surface area contributed by atoms with Gasteiger partial charge in [-0.3, -0.25) is 4.79 Å². The summed E-state index contributed by atoms with van der Waals surface area (Å²) >= 11 is 0. The number of aryl methyl sites for hydroxylation is 1. The van der Waals surface area contributed by atoms with Crippen molar-refractivity contribution in [2.24, 2.45) is 0 Å². The Hall–Kier alpha value is -1.31. The summed E-state index contributed by atoms with van der Waals surface area (Å²) in [6.07, 6.45) is 0. The summed E-state index contributed by atoms with van der Waals surface area (Å²) in [5, 5.41) is 0. The number of carbonyl (C=O) groups is 1. The van der Waals surface area contributed by atoms with Crippen molar-refractivity contribution in [1.29, 1.82) is 0 Å². The van der Waals surface area contributed by atoms with Crippen LogP contribution in [-0.4, -0.2) is 18.9 Å². The van der Waals surface area contributed by atoms with Gasteiger partial charge in [-0.1, -0.05) is 18.2 Å². The Bertz CT molecular complexity index is 320. The third kappa shape index (κ3) is 2.59. The lowest BCUT2D eigenvalue weighted by atomic mass is 10.2. The second kappa shape index (κ2) is 4.80. The first-order valence-electron chi connectivity index (χ1n) is 4.95. The van der Waals surface area contributed by atoms with Crippen LogP contribution in [0, 0.1) is 6.92 Å². The van der Waals surface area contributed by atoms with Crippen molar-refractivity contribution in [3.8, 4) is 0 Å². The zero-order chi connectivity index (χ0) is 10.6. The predicted octanol–water partition coefficient (Wildman–Crippen LogP) is 2.41. The topological polar surface area (TPSA) is 20.3 Å². The van der Waals surface area contributed by atoms with Gasteiger partial charge in [0.25, 0.3) is 0 Å². The molecule has 0 heterocycles. The summed E-state index contributed by atoms with van der Waals surface area (Å²) in [6, 6.07) is 8.14. The van der Waals surface area contributed by atoms with E-state index < -0.39 is 0 Å². The van der Waals surface area contributed by atoms with Gasteiger partial charge in [0.15, 0.2) is 0 Å². The summed E-state index contributed by atoms with van der Waals surface area (Å²) < 4.78 is 0. The molecule has 0 saturated heterocycles. The van der Waals surface area contributed by atoms with E-state index in [2.05, 4.69) is 30.9 Å². The molecule has 0 aliphatic heterocycles. The Kier molecular flexibility index (Phi) is 3.69. The first kappa shape index (κ1) is 10.8. The van der Waals surface area contributed by atoms with Gasteiger partial charge >= 0.3 is 0 Å². The van der Waals surface area contributed by atoms with Crippen molar-refractivity contribution < 1.29 is 4.79 Å². The summed E-state index contributed by atoms with van der Waals surface area (Å²) in [7, 11) is 0. The first-order valence-corrected chi connectivity index (χ1v) is 4.95. The molecule has 0 aliphatic carbocycles. The van der Waals surface area contributed by atoms with Gasteiger partial charge in [-0.15, -0.1) is 0 Å². The van der Waals surface area contributed by atoms with E-state index in [4.69, 9.17) is 0 Å². The van der Waals surface area contributed by atoms with Crippen molar-refractivity contribution in [3.05, 3.63) is 29.8 Å². The standard InChI is InChI=1S/C12H17NO/c1-4-13(9-11(3)14)12-8-6-5-7-10(12)2/h5-8H,4,9H2,1-3H3. The SMILES string of the molecule is CCN(CC(C)=O)c1ccccc1C. The fourth-order valence-electron chi connectivity index (χ4n) is 1.55. The van der Waals surface area contributed by atoms with E-state index in [1.807, 2.05) is 12.1 Å². The number of anilines is 1. The van der Waals surface area contributed by atoms with Gasteiger partial charge in [-0.2, -0.15) is 0 Å².